The molecule has 0 spiro atoms. The van der Waals surface area contributed by atoms with Gasteiger partial charge < -0.3 is 30.9 Å². The molecule has 4 N–H and O–H groups in total. The lowest BCUT2D eigenvalue weighted by Gasteiger charge is -2.36. The lowest BCUT2D eigenvalue weighted by Crippen LogP contribution is -2.44. The molecule has 0 radical (unpaired) electrons. The summed E-state index contributed by atoms with van der Waals surface area (Å²) in [7, 11) is 4.04. The van der Waals surface area contributed by atoms with E-state index in [0.717, 1.165) is 69.8 Å². The summed E-state index contributed by atoms with van der Waals surface area (Å²) >= 11 is 0. The number of halogens is 1. The van der Waals surface area contributed by atoms with Gasteiger partial charge in [-0.05, 0) is 78.1 Å². The molecule has 2 aliphatic rings. The molecule has 0 aliphatic heterocycles. The maximum atomic E-state index is 14.1. The van der Waals surface area contributed by atoms with Crippen molar-refractivity contribution in [3.05, 3.63) is 42.2 Å². The van der Waals surface area contributed by atoms with E-state index in [1.165, 1.54) is 23.0 Å². The van der Waals surface area contributed by atoms with Gasteiger partial charge >= 0.3 is 6.09 Å². The minimum atomic E-state index is -0.855. The highest BCUT2D eigenvalue weighted by atomic mass is 19.1. The molecule has 2 fully saturated rings. The normalized spacial score (nSPS) is 18.8. The summed E-state index contributed by atoms with van der Waals surface area (Å²) in [5.74, 6) is -0.582. The third-order valence-corrected chi connectivity index (χ3v) is 7.65. The minimum absolute atomic E-state index is 0.00460. The summed E-state index contributed by atoms with van der Waals surface area (Å²) in [6.45, 7) is 1.50. The fourth-order valence-corrected chi connectivity index (χ4v) is 5.30. The zero-order chi connectivity index (χ0) is 28.9. The van der Waals surface area contributed by atoms with E-state index >= 15 is 0 Å². The van der Waals surface area contributed by atoms with Gasteiger partial charge in [0.1, 0.15) is 5.82 Å². The molecule has 0 unspecified atom stereocenters. The predicted molar refractivity (Wildman–Crippen MR) is 154 cm³/mol. The Kier molecular flexibility index (Phi) is 8.81. The number of unbranched alkanes of at least 4 members (excludes halogenated alkanes) is 1. The van der Waals surface area contributed by atoms with Gasteiger partial charge in [-0.1, -0.05) is 0 Å². The third-order valence-electron chi connectivity index (χ3n) is 7.65. The average Bonchev–Trinajstić information content (AvgIpc) is 3.65. The maximum Gasteiger partial charge on any atom is 0.407 e. The van der Waals surface area contributed by atoms with E-state index < -0.39 is 17.8 Å². The van der Waals surface area contributed by atoms with Gasteiger partial charge in [0.05, 0.1) is 23.8 Å². The number of imidazole rings is 1. The molecule has 41 heavy (non-hydrogen) atoms. The van der Waals surface area contributed by atoms with Crippen LogP contribution in [0.1, 0.15) is 61.9 Å². The van der Waals surface area contributed by atoms with Crippen LogP contribution in [-0.4, -0.2) is 91.8 Å². The summed E-state index contributed by atoms with van der Waals surface area (Å²) in [5, 5.41) is 24.1. The van der Waals surface area contributed by atoms with E-state index in [1.54, 1.807) is 4.90 Å². The van der Waals surface area contributed by atoms with E-state index in [2.05, 4.69) is 35.9 Å². The molecule has 3 aromatic rings. The van der Waals surface area contributed by atoms with Crippen LogP contribution in [0, 0.1) is 5.82 Å². The topological polar surface area (TPSA) is 140 Å². The molecule has 0 aromatic carbocycles. The Morgan fingerprint density at radius 1 is 1.02 bits per heavy atom. The molecule has 12 nitrogen and oxygen atoms in total. The molecule has 0 bridgehead atoms. The van der Waals surface area contributed by atoms with Crippen molar-refractivity contribution in [2.75, 3.05) is 43.1 Å². The Morgan fingerprint density at radius 2 is 1.73 bits per heavy atom. The van der Waals surface area contributed by atoms with Gasteiger partial charge in [0, 0.05) is 36.9 Å². The molecule has 13 heteroatoms. The van der Waals surface area contributed by atoms with Gasteiger partial charge in [-0.25, -0.2) is 18.7 Å². The Morgan fingerprint density at radius 3 is 2.41 bits per heavy atom. The fourth-order valence-electron chi connectivity index (χ4n) is 5.30. The van der Waals surface area contributed by atoms with E-state index in [9.17, 15) is 19.1 Å². The summed E-state index contributed by atoms with van der Waals surface area (Å²) in [5.41, 5.74) is 1.48. The maximum absolute atomic E-state index is 14.1. The number of rotatable bonds is 12. The highest BCUT2D eigenvalue weighted by Gasteiger charge is 2.29. The first kappa shape index (κ1) is 28.5. The van der Waals surface area contributed by atoms with Crippen LogP contribution in [0.15, 0.2) is 30.7 Å². The number of carbonyl (C=O) groups is 2. The number of hydrogen-bond acceptors (Lipinski definition) is 8. The van der Waals surface area contributed by atoms with Crippen molar-refractivity contribution in [3.8, 4) is 0 Å². The smallest absolute Gasteiger partial charge is 0.407 e. The van der Waals surface area contributed by atoms with Crippen molar-refractivity contribution in [1.82, 2.24) is 29.4 Å². The molecule has 0 saturated heterocycles. The lowest BCUT2D eigenvalue weighted by atomic mass is 9.90. The number of pyridine rings is 1. The van der Waals surface area contributed by atoms with Crippen molar-refractivity contribution in [2.24, 2.45) is 0 Å². The van der Waals surface area contributed by atoms with Crippen LogP contribution in [0.4, 0.5) is 26.4 Å². The Balaban J connectivity index is 1.27. The molecule has 0 atom stereocenters. The third kappa shape index (κ3) is 7.20. The van der Waals surface area contributed by atoms with Crippen LogP contribution in [0.5, 0.6) is 0 Å². The Hall–Kier alpha value is -4.00. The second-order valence-corrected chi connectivity index (χ2v) is 11.2. The quantitative estimate of drug-likeness (QED) is 0.238. The first-order valence-electron chi connectivity index (χ1n) is 14.3. The van der Waals surface area contributed by atoms with Crippen molar-refractivity contribution >= 4 is 34.8 Å². The lowest BCUT2D eigenvalue weighted by molar-refractivity contribution is 0.101. The first-order chi connectivity index (χ1) is 19.8. The number of aromatic nitrogens is 4. The van der Waals surface area contributed by atoms with Crippen LogP contribution >= 0.6 is 0 Å². The van der Waals surface area contributed by atoms with Crippen LogP contribution < -0.4 is 16.0 Å². The molecular weight excluding hydrogens is 529 g/mol. The van der Waals surface area contributed by atoms with E-state index in [0.29, 0.717) is 24.1 Å². The molecule has 2 aliphatic carbocycles. The number of nitrogens with zero attached hydrogens (tertiary/aromatic N) is 6. The number of carboxylic acid groups (broad SMARTS) is 1. The molecule has 5 rings (SSSR count). The van der Waals surface area contributed by atoms with Crippen molar-refractivity contribution in [2.45, 2.75) is 69.5 Å². The standard InChI is InChI=1S/C28H38FN9O3/c1-36(2)13-3-4-14-37(28(40)41)20-9-7-19(8-10-20)33-25-15-23(32-18-5-6-18)26-31-17-24(38(26)35-25)27(39)34-22-11-12-30-16-21(22)29/h11-12,15-20,32H,3-10,13-14H2,1-2H3,(H,33,35)(H,40,41)(H,30,34,39). The first-order valence-corrected chi connectivity index (χ1v) is 14.3. The van der Waals surface area contributed by atoms with Crippen LogP contribution in [0.3, 0.4) is 0 Å². The number of hydrogen-bond donors (Lipinski definition) is 4. The molecule has 3 heterocycles. The second-order valence-electron chi connectivity index (χ2n) is 11.2. The highest BCUT2D eigenvalue weighted by Crippen LogP contribution is 2.31. The van der Waals surface area contributed by atoms with Gasteiger partial charge in [0.25, 0.3) is 5.91 Å². The molecule has 220 valence electrons. The van der Waals surface area contributed by atoms with E-state index in [4.69, 9.17) is 0 Å². The van der Waals surface area contributed by atoms with Gasteiger partial charge in [-0.3, -0.25) is 9.78 Å². The highest BCUT2D eigenvalue weighted by molar-refractivity contribution is 6.03. The van der Waals surface area contributed by atoms with E-state index in [1.807, 2.05) is 20.2 Å². The average molecular weight is 568 g/mol. The summed E-state index contributed by atoms with van der Waals surface area (Å²) in [6.07, 6.45) is 10.1. The Bertz CT molecular complexity index is 1370. The number of amides is 2. The van der Waals surface area contributed by atoms with Crippen LogP contribution in [0.2, 0.25) is 0 Å². The van der Waals surface area contributed by atoms with Crippen molar-refractivity contribution < 1.29 is 19.1 Å². The summed E-state index contributed by atoms with van der Waals surface area (Å²) < 4.78 is 15.6. The molecule has 3 aromatic heterocycles. The van der Waals surface area contributed by atoms with Gasteiger partial charge in [0.15, 0.2) is 17.2 Å². The molecular formula is C28H38FN9O3. The van der Waals surface area contributed by atoms with Crippen LogP contribution in [0.25, 0.3) is 5.65 Å². The van der Waals surface area contributed by atoms with Crippen molar-refractivity contribution in [3.63, 3.8) is 0 Å². The van der Waals surface area contributed by atoms with Gasteiger partial charge in [0.2, 0.25) is 0 Å². The Labute approximate surface area is 238 Å². The molecule has 2 amide bonds. The number of nitrogens with one attached hydrogen (secondary N) is 3. The fraction of sp³-hybridized carbons (Fsp3) is 0.536. The molecule has 2 saturated carbocycles. The monoisotopic (exact) mass is 567 g/mol. The van der Waals surface area contributed by atoms with E-state index in [-0.39, 0.29) is 23.5 Å². The zero-order valence-electron chi connectivity index (χ0n) is 23.5. The van der Waals surface area contributed by atoms with Gasteiger partial charge in [-0.2, -0.15) is 0 Å². The largest absolute Gasteiger partial charge is 0.465 e. The number of fused-ring (bicyclic) bond motifs is 1. The SMILES string of the molecule is CN(C)CCCCN(C(=O)O)C1CCC(Nc2cc(NC3CC3)c3ncc(C(=O)Nc4ccncc4F)n3n2)CC1. The predicted octanol–water partition coefficient (Wildman–Crippen LogP) is 4.13. The summed E-state index contributed by atoms with van der Waals surface area (Å²) in [4.78, 5) is 36.9. The zero-order valence-corrected chi connectivity index (χ0v) is 23.5. The van der Waals surface area contributed by atoms with Crippen molar-refractivity contribution in [1.29, 1.82) is 0 Å². The number of anilines is 3. The second kappa shape index (κ2) is 12.7. The number of carbonyl (C=O) groups excluding carboxylic acids is 1. The minimum Gasteiger partial charge on any atom is -0.465 e. The van der Waals surface area contributed by atoms with Gasteiger partial charge in [-0.15, -0.1) is 5.10 Å². The van der Waals surface area contributed by atoms with Crippen LogP contribution in [-0.2, 0) is 0 Å². The summed E-state index contributed by atoms with van der Waals surface area (Å²) in [6, 6.07) is 3.77.